The highest BCUT2D eigenvalue weighted by molar-refractivity contribution is 5.37. The molecule has 2 heterocycles. The predicted octanol–water partition coefficient (Wildman–Crippen LogP) is 1.97. The van der Waals surface area contributed by atoms with E-state index in [2.05, 4.69) is 41.2 Å². The maximum absolute atomic E-state index is 5.07. The molecule has 0 amide bonds. The zero-order chi connectivity index (χ0) is 14.5. The Morgan fingerprint density at radius 2 is 2.10 bits per heavy atom. The molecule has 0 aliphatic carbocycles. The molecule has 0 spiro atoms. The van der Waals surface area contributed by atoms with Crippen LogP contribution in [0.25, 0.3) is 0 Å². The molecule has 0 saturated carbocycles. The Kier molecular flexibility index (Phi) is 4.55. The van der Waals surface area contributed by atoms with E-state index in [0.717, 1.165) is 31.0 Å². The standard InChI is InChI=1S/C14H21N5O/c1-5-19-11(3)12(10(2)18-19)6-7-15-13-8-14(20-4)17-9-16-13/h8-9H,5-7H2,1-4H3,(H,15,16,17). The van der Waals surface area contributed by atoms with Crippen molar-refractivity contribution < 1.29 is 4.74 Å². The summed E-state index contributed by atoms with van der Waals surface area (Å²) in [5.74, 6) is 1.34. The molecule has 0 aliphatic rings. The molecule has 0 saturated heterocycles. The van der Waals surface area contributed by atoms with E-state index in [4.69, 9.17) is 4.74 Å². The summed E-state index contributed by atoms with van der Waals surface area (Å²) in [5, 5.41) is 7.81. The van der Waals surface area contributed by atoms with Gasteiger partial charge >= 0.3 is 0 Å². The van der Waals surface area contributed by atoms with Gasteiger partial charge in [0, 0.05) is 24.8 Å². The van der Waals surface area contributed by atoms with E-state index < -0.39 is 0 Å². The van der Waals surface area contributed by atoms with Crippen LogP contribution in [0.3, 0.4) is 0 Å². The van der Waals surface area contributed by atoms with Crippen LogP contribution in [0.1, 0.15) is 23.9 Å². The molecule has 0 unspecified atom stereocenters. The van der Waals surface area contributed by atoms with Gasteiger partial charge in [0.15, 0.2) is 0 Å². The third-order valence-electron chi connectivity index (χ3n) is 3.36. The molecular formula is C14H21N5O. The summed E-state index contributed by atoms with van der Waals surface area (Å²) in [4.78, 5) is 8.14. The fourth-order valence-electron chi connectivity index (χ4n) is 2.27. The molecule has 108 valence electrons. The Bertz CT molecular complexity index is 579. The molecule has 2 aromatic heterocycles. The van der Waals surface area contributed by atoms with Crippen LogP contribution in [-0.2, 0) is 13.0 Å². The molecule has 0 fully saturated rings. The lowest BCUT2D eigenvalue weighted by atomic mass is 10.1. The quantitative estimate of drug-likeness (QED) is 0.873. The number of hydrogen-bond acceptors (Lipinski definition) is 5. The molecule has 6 nitrogen and oxygen atoms in total. The fraction of sp³-hybridized carbons (Fsp3) is 0.500. The minimum absolute atomic E-state index is 0.564. The van der Waals surface area contributed by atoms with E-state index in [1.54, 1.807) is 13.2 Å². The summed E-state index contributed by atoms with van der Waals surface area (Å²) in [7, 11) is 1.60. The van der Waals surface area contributed by atoms with Crippen LogP contribution in [0.4, 0.5) is 5.82 Å². The Morgan fingerprint density at radius 3 is 2.75 bits per heavy atom. The van der Waals surface area contributed by atoms with E-state index >= 15 is 0 Å². The minimum atomic E-state index is 0.564. The van der Waals surface area contributed by atoms with Crippen molar-refractivity contribution in [2.24, 2.45) is 0 Å². The van der Waals surface area contributed by atoms with Gasteiger partial charge in [0.05, 0.1) is 12.8 Å². The zero-order valence-corrected chi connectivity index (χ0v) is 12.5. The van der Waals surface area contributed by atoms with Crippen molar-refractivity contribution in [1.29, 1.82) is 0 Å². The molecule has 1 N–H and O–H groups in total. The fourth-order valence-corrected chi connectivity index (χ4v) is 2.27. The van der Waals surface area contributed by atoms with Crippen LogP contribution in [0, 0.1) is 13.8 Å². The van der Waals surface area contributed by atoms with Crippen molar-refractivity contribution in [3.05, 3.63) is 29.3 Å². The summed E-state index contributed by atoms with van der Waals surface area (Å²) in [6.07, 6.45) is 2.41. The summed E-state index contributed by atoms with van der Waals surface area (Å²) in [6.45, 7) is 7.99. The van der Waals surface area contributed by atoms with E-state index in [1.807, 2.05) is 4.68 Å². The van der Waals surface area contributed by atoms with Crippen molar-refractivity contribution in [1.82, 2.24) is 19.7 Å². The second-order valence-corrected chi connectivity index (χ2v) is 4.59. The molecule has 0 radical (unpaired) electrons. The Labute approximate surface area is 119 Å². The number of rotatable bonds is 6. The molecule has 0 aliphatic heterocycles. The summed E-state index contributed by atoms with van der Waals surface area (Å²) < 4.78 is 7.11. The molecule has 20 heavy (non-hydrogen) atoms. The predicted molar refractivity (Wildman–Crippen MR) is 78.2 cm³/mol. The van der Waals surface area contributed by atoms with Crippen LogP contribution < -0.4 is 10.1 Å². The maximum Gasteiger partial charge on any atom is 0.218 e. The molecule has 2 aromatic rings. The average molecular weight is 275 g/mol. The molecular weight excluding hydrogens is 254 g/mol. The minimum Gasteiger partial charge on any atom is -0.481 e. The Morgan fingerprint density at radius 1 is 1.30 bits per heavy atom. The number of anilines is 1. The molecule has 6 heteroatoms. The first-order valence-corrected chi connectivity index (χ1v) is 6.78. The SMILES string of the molecule is CCn1nc(C)c(CCNc2cc(OC)ncn2)c1C. The molecule has 0 aromatic carbocycles. The van der Waals surface area contributed by atoms with Crippen molar-refractivity contribution in [3.63, 3.8) is 0 Å². The highest BCUT2D eigenvalue weighted by Gasteiger charge is 2.10. The van der Waals surface area contributed by atoms with Gasteiger partial charge in [-0.2, -0.15) is 5.10 Å². The topological polar surface area (TPSA) is 64.9 Å². The average Bonchev–Trinajstić information content (AvgIpc) is 2.74. The third-order valence-corrected chi connectivity index (χ3v) is 3.36. The monoisotopic (exact) mass is 275 g/mol. The van der Waals surface area contributed by atoms with Crippen LogP contribution in [0.5, 0.6) is 5.88 Å². The van der Waals surface area contributed by atoms with Gasteiger partial charge in [0.1, 0.15) is 12.1 Å². The van der Waals surface area contributed by atoms with Gasteiger partial charge in [-0.1, -0.05) is 0 Å². The summed E-state index contributed by atoms with van der Waals surface area (Å²) in [6, 6.07) is 1.79. The highest BCUT2D eigenvalue weighted by Crippen LogP contribution is 2.15. The molecule has 0 bridgehead atoms. The van der Waals surface area contributed by atoms with E-state index in [-0.39, 0.29) is 0 Å². The van der Waals surface area contributed by atoms with Gasteiger partial charge in [-0.15, -0.1) is 0 Å². The van der Waals surface area contributed by atoms with E-state index in [1.165, 1.54) is 17.6 Å². The highest BCUT2D eigenvalue weighted by atomic mass is 16.5. The number of hydrogen-bond donors (Lipinski definition) is 1. The second-order valence-electron chi connectivity index (χ2n) is 4.59. The summed E-state index contributed by atoms with van der Waals surface area (Å²) >= 11 is 0. The van der Waals surface area contributed by atoms with Crippen molar-refractivity contribution in [2.75, 3.05) is 19.0 Å². The number of methoxy groups -OCH3 is 1. The van der Waals surface area contributed by atoms with Gasteiger partial charge in [-0.25, -0.2) is 9.97 Å². The lowest BCUT2D eigenvalue weighted by Gasteiger charge is -2.07. The van der Waals surface area contributed by atoms with Crippen LogP contribution >= 0.6 is 0 Å². The van der Waals surface area contributed by atoms with Crippen molar-refractivity contribution in [2.45, 2.75) is 33.7 Å². The van der Waals surface area contributed by atoms with Crippen LogP contribution in [-0.4, -0.2) is 33.4 Å². The first-order valence-electron chi connectivity index (χ1n) is 6.78. The summed E-state index contributed by atoms with van der Waals surface area (Å²) in [5.41, 5.74) is 3.65. The Hall–Kier alpha value is -2.11. The number of nitrogens with one attached hydrogen (secondary N) is 1. The van der Waals surface area contributed by atoms with E-state index in [9.17, 15) is 0 Å². The van der Waals surface area contributed by atoms with Gasteiger partial charge < -0.3 is 10.1 Å². The van der Waals surface area contributed by atoms with Gasteiger partial charge in [-0.05, 0) is 32.8 Å². The number of ether oxygens (including phenoxy) is 1. The lowest BCUT2D eigenvalue weighted by Crippen LogP contribution is -2.08. The second kappa shape index (κ2) is 6.36. The largest absolute Gasteiger partial charge is 0.481 e. The maximum atomic E-state index is 5.07. The molecule has 0 atom stereocenters. The van der Waals surface area contributed by atoms with Gasteiger partial charge in [-0.3, -0.25) is 4.68 Å². The number of nitrogens with zero attached hydrogens (tertiary/aromatic N) is 4. The van der Waals surface area contributed by atoms with Crippen LogP contribution in [0.2, 0.25) is 0 Å². The van der Waals surface area contributed by atoms with Gasteiger partial charge in [0.2, 0.25) is 5.88 Å². The molecule has 2 rings (SSSR count). The lowest BCUT2D eigenvalue weighted by molar-refractivity contribution is 0.397. The van der Waals surface area contributed by atoms with Gasteiger partial charge in [0.25, 0.3) is 0 Å². The third kappa shape index (κ3) is 3.07. The first kappa shape index (κ1) is 14.3. The van der Waals surface area contributed by atoms with E-state index in [0.29, 0.717) is 5.88 Å². The Balaban J connectivity index is 1.97. The zero-order valence-electron chi connectivity index (χ0n) is 12.5. The smallest absolute Gasteiger partial charge is 0.218 e. The van der Waals surface area contributed by atoms with Crippen molar-refractivity contribution in [3.8, 4) is 5.88 Å². The van der Waals surface area contributed by atoms with Crippen molar-refractivity contribution >= 4 is 5.82 Å². The number of aromatic nitrogens is 4. The normalized spacial score (nSPS) is 10.6. The van der Waals surface area contributed by atoms with Crippen LogP contribution in [0.15, 0.2) is 12.4 Å². The number of aryl methyl sites for hydroxylation is 2. The first-order chi connectivity index (χ1) is 9.65.